The van der Waals surface area contributed by atoms with Crippen LogP contribution in [-0.4, -0.2) is 27.9 Å². The lowest BCUT2D eigenvalue weighted by atomic mass is 9.82. The largest absolute Gasteiger partial charge is 0.398 e. The molecule has 0 aliphatic carbocycles. The Bertz CT molecular complexity index is 385. The predicted molar refractivity (Wildman–Crippen MR) is 66.5 cm³/mol. The van der Waals surface area contributed by atoms with Gasteiger partial charge in [-0.15, -0.1) is 0 Å². The van der Waals surface area contributed by atoms with Crippen molar-refractivity contribution < 1.29 is 9.84 Å². The quantitative estimate of drug-likeness (QED) is 0.817. The number of hydrogen-bond donors (Lipinski definition) is 2. The van der Waals surface area contributed by atoms with Crippen molar-refractivity contribution in [2.45, 2.75) is 50.9 Å². The lowest BCUT2D eigenvalue weighted by molar-refractivity contribution is -0.130. The molecule has 0 aromatic carbocycles. The van der Waals surface area contributed by atoms with E-state index in [1.807, 2.05) is 13.8 Å². The van der Waals surface area contributed by atoms with Gasteiger partial charge in [0.15, 0.2) is 0 Å². The SMILES string of the molecule is CC1CC(O)(Cc2cnccc2N)CC(C)O1. The number of aromatic nitrogens is 1. The second-order valence-electron chi connectivity index (χ2n) is 5.14. The standard InChI is InChI=1S/C13H20N2O2/c1-9-5-13(16,6-10(2)17-9)7-11-8-15-4-3-12(11)14/h3-4,8-10,16H,5-7H2,1-2H3,(H2,14,15). The fraction of sp³-hybridized carbons (Fsp3) is 0.615. The van der Waals surface area contributed by atoms with Gasteiger partial charge in [0.05, 0.1) is 17.8 Å². The minimum absolute atomic E-state index is 0.0849. The Labute approximate surface area is 102 Å². The summed E-state index contributed by atoms with van der Waals surface area (Å²) in [5, 5.41) is 10.6. The molecule has 1 aromatic heterocycles. The van der Waals surface area contributed by atoms with Crippen molar-refractivity contribution in [1.82, 2.24) is 4.98 Å². The molecule has 0 saturated carbocycles. The fourth-order valence-electron chi connectivity index (χ4n) is 2.73. The number of nitrogens with two attached hydrogens (primary N) is 1. The highest BCUT2D eigenvalue weighted by Gasteiger charge is 2.37. The van der Waals surface area contributed by atoms with Crippen molar-refractivity contribution in [2.24, 2.45) is 0 Å². The minimum Gasteiger partial charge on any atom is -0.398 e. The van der Waals surface area contributed by atoms with Gasteiger partial charge in [-0.1, -0.05) is 0 Å². The van der Waals surface area contributed by atoms with Gasteiger partial charge in [-0.2, -0.15) is 0 Å². The Kier molecular flexibility index (Phi) is 3.35. The van der Waals surface area contributed by atoms with E-state index in [2.05, 4.69) is 4.98 Å². The van der Waals surface area contributed by atoms with Crippen LogP contribution >= 0.6 is 0 Å². The van der Waals surface area contributed by atoms with E-state index in [-0.39, 0.29) is 12.2 Å². The van der Waals surface area contributed by atoms with Crippen molar-refractivity contribution in [1.29, 1.82) is 0 Å². The van der Waals surface area contributed by atoms with Crippen molar-refractivity contribution in [3.8, 4) is 0 Å². The number of nitrogens with zero attached hydrogens (tertiary/aromatic N) is 1. The second kappa shape index (κ2) is 4.63. The van der Waals surface area contributed by atoms with Crippen LogP contribution < -0.4 is 5.73 Å². The Morgan fingerprint density at radius 2 is 2.12 bits per heavy atom. The third-order valence-corrected chi connectivity index (χ3v) is 3.26. The van der Waals surface area contributed by atoms with Crippen LogP contribution in [0.1, 0.15) is 32.3 Å². The maximum atomic E-state index is 10.6. The van der Waals surface area contributed by atoms with Crippen LogP contribution in [0.5, 0.6) is 0 Å². The molecule has 0 spiro atoms. The van der Waals surface area contributed by atoms with Crippen molar-refractivity contribution >= 4 is 5.69 Å². The molecule has 2 unspecified atom stereocenters. The molecule has 0 bridgehead atoms. The number of nitrogen functional groups attached to an aromatic ring is 1. The molecule has 2 rings (SSSR count). The first-order chi connectivity index (χ1) is 7.98. The van der Waals surface area contributed by atoms with Crippen LogP contribution in [0.4, 0.5) is 5.69 Å². The summed E-state index contributed by atoms with van der Waals surface area (Å²) in [6, 6.07) is 1.77. The molecule has 1 aliphatic rings. The molecule has 0 amide bonds. The van der Waals surface area contributed by atoms with Gasteiger partial charge in [0.25, 0.3) is 0 Å². The summed E-state index contributed by atoms with van der Waals surface area (Å²) in [6.45, 7) is 3.99. The average Bonchev–Trinajstić information content (AvgIpc) is 2.19. The summed E-state index contributed by atoms with van der Waals surface area (Å²) in [5.74, 6) is 0. The number of rotatable bonds is 2. The second-order valence-corrected chi connectivity index (χ2v) is 5.14. The summed E-state index contributed by atoms with van der Waals surface area (Å²) in [6.07, 6.45) is 5.40. The van der Waals surface area contributed by atoms with Crippen LogP contribution in [0.2, 0.25) is 0 Å². The van der Waals surface area contributed by atoms with Gasteiger partial charge in [-0.05, 0) is 25.5 Å². The molecule has 1 aromatic rings. The Morgan fingerprint density at radius 1 is 1.47 bits per heavy atom. The Balaban J connectivity index is 2.14. The highest BCUT2D eigenvalue weighted by atomic mass is 16.5. The van der Waals surface area contributed by atoms with Crippen LogP contribution in [0.25, 0.3) is 0 Å². The molecule has 4 nitrogen and oxygen atoms in total. The normalized spacial score (nSPS) is 33.6. The number of aliphatic hydroxyl groups is 1. The highest BCUT2D eigenvalue weighted by Crippen LogP contribution is 2.32. The first-order valence-electron chi connectivity index (χ1n) is 6.05. The van der Waals surface area contributed by atoms with E-state index in [9.17, 15) is 5.11 Å². The number of pyridine rings is 1. The summed E-state index contributed by atoms with van der Waals surface area (Å²) in [4.78, 5) is 4.06. The molecule has 4 heteroatoms. The monoisotopic (exact) mass is 236 g/mol. The van der Waals surface area contributed by atoms with E-state index in [1.54, 1.807) is 18.5 Å². The van der Waals surface area contributed by atoms with E-state index < -0.39 is 5.60 Å². The van der Waals surface area contributed by atoms with Gasteiger partial charge in [0.2, 0.25) is 0 Å². The summed E-state index contributed by atoms with van der Waals surface area (Å²) in [7, 11) is 0. The third kappa shape index (κ3) is 2.96. The van der Waals surface area contributed by atoms with Gasteiger partial charge in [0.1, 0.15) is 0 Å². The number of anilines is 1. The van der Waals surface area contributed by atoms with Gasteiger partial charge in [-0.3, -0.25) is 4.98 Å². The first kappa shape index (κ1) is 12.3. The molecule has 2 heterocycles. The van der Waals surface area contributed by atoms with Gasteiger partial charge in [0, 0.05) is 37.3 Å². The van der Waals surface area contributed by atoms with Crippen molar-refractivity contribution in [3.05, 3.63) is 24.0 Å². The van der Waals surface area contributed by atoms with E-state index in [0.29, 0.717) is 24.9 Å². The lowest BCUT2D eigenvalue weighted by Crippen LogP contribution is -2.45. The van der Waals surface area contributed by atoms with Gasteiger partial charge < -0.3 is 15.6 Å². The molecule has 1 saturated heterocycles. The predicted octanol–water partition coefficient (Wildman–Crippen LogP) is 1.52. The zero-order valence-electron chi connectivity index (χ0n) is 10.4. The zero-order valence-corrected chi connectivity index (χ0v) is 10.4. The maximum absolute atomic E-state index is 10.6. The summed E-state index contributed by atoms with van der Waals surface area (Å²) < 4.78 is 5.64. The molecular formula is C13H20N2O2. The topological polar surface area (TPSA) is 68.4 Å². The number of ether oxygens (including phenoxy) is 1. The highest BCUT2D eigenvalue weighted by molar-refractivity contribution is 5.45. The zero-order chi connectivity index (χ0) is 12.5. The summed E-state index contributed by atoms with van der Waals surface area (Å²) in [5.41, 5.74) is 6.76. The molecule has 1 aliphatic heterocycles. The fourth-order valence-corrected chi connectivity index (χ4v) is 2.73. The van der Waals surface area contributed by atoms with Gasteiger partial charge >= 0.3 is 0 Å². The Morgan fingerprint density at radius 3 is 2.71 bits per heavy atom. The first-order valence-corrected chi connectivity index (χ1v) is 6.05. The van der Waals surface area contributed by atoms with Crippen LogP contribution in [0.3, 0.4) is 0 Å². The van der Waals surface area contributed by atoms with Crippen LogP contribution in [0, 0.1) is 0 Å². The molecule has 2 atom stereocenters. The lowest BCUT2D eigenvalue weighted by Gasteiger charge is -2.39. The maximum Gasteiger partial charge on any atom is 0.0738 e. The Hall–Kier alpha value is -1.13. The minimum atomic E-state index is -0.728. The van der Waals surface area contributed by atoms with Crippen LogP contribution in [0.15, 0.2) is 18.5 Å². The van der Waals surface area contributed by atoms with Crippen molar-refractivity contribution in [3.63, 3.8) is 0 Å². The molecule has 17 heavy (non-hydrogen) atoms. The van der Waals surface area contributed by atoms with E-state index in [4.69, 9.17) is 10.5 Å². The smallest absolute Gasteiger partial charge is 0.0738 e. The molecule has 3 N–H and O–H groups in total. The average molecular weight is 236 g/mol. The van der Waals surface area contributed by atoms with E-state index in [0.717, 1.165) is 5.56 Å². The van der Waals surface area contributed by atoms with E-state index in [1.165, 1.54) is 0 Å². The van der Waals surface area contributed by atoms with Crippen molar-refractivity contribution in [2.75, 3.05) is 5.73 Å². The number of hydrogen-bond acceptors (Lipinski definition) is 4. The summed E-state index contributed by atoms with van der Waals surface area (Å²) >= 11 is 0. The van der Waals surface area contributed by atoms with E-state index >= 15 is 0 Å². The molecular weight excluding hydrogens is 216 g/mol. The molecule has 94 valence electrons. The third-order valence-electron chi connectivity index (χ3n) is 3.26. The molecule has 1 fully saturated rings. The van der Waals surface area contributed by atoms with Gasteiger partial charge in [-0.25, -0.2) is 0 Å². The molecule has 0 radical (unpaired) electrons. The van der Waals surface area contributed by atoms with Crippen LogP contribution in [-0.2, 0) is 11.2 Å².